The van der Waals surface area contributed by atoms with Crippen molar-refractivity contribution < 1.29 is 103 Å². The van der Waals surface area contributed by atoms with Crippen LogP contribution in [0.4, 0.5) is 0 Å². The predicted molar refractivity (Wildman–Crippen MR) is 101 cm³/mol. The molecule has 0 atom stereocenters. The molecule has 0 N–H and O–H groups in total. The van der Waals surface area contributed by atoms with Crippen LogP contribution in [-0.2, 0) is 116 Å². The Morgan fingerprint density at radius 1 is 0.741 bits per heavy atom. The molecule has 0 amide bonds. The molecule has 0 unspecified atom stereocenters. The largest absolute Gasteiger partial charge is 0.382 e. The van der Waals surface area contributed by atoms with Crippen LogP contribution >= 0.6 is 0 Å². The van der Waals surface area contributed by atoms with Crippen LogP contribution < -0.4 is 0 Å². The minimum absolute atomic E-state index is 0. The topological polar surface area (TPSA) is 9.23 Å². The molecule has 0 aliphatic heterocycles. The van der Waals surface area contributed by atoms with Gasteiger partial charge in [0, 0.05) is 112 Å². The van der Waals surface area contributed by atoms with Crippen molar-refractivity contribution >= 4 is 0 Å². The molecule has 27 heavy (non-hydrogen) atoms. The van der Waals surface area contributed by atoms with E-state index in [4.69, 9.17) is 4.74 Å². The van der Waals surface area contributed by atoms with Crippen LogP contribution in [0.3, 0.4) is 0 Å². The SMILES string of the molecule is CCc1cc[c-]cc1.COCc1cc[c-]cc1.Cc1c[c-]ccc1.[Y].[Y].[Y]. The third-order valence-corrected chi connectivity index (χ3v) is 3.16. The van der Waals surface area contributed by atoms with Gasteiger partial charge in [-0.2, -0.15) is 102 Å². The molecular weight excluding hydrogens is 559 g/mol. The monoisotopic (exact) mass is 584 g/mol. The first-order chi connectivity index (χ1) is 11.8. The van der Waals surface area contributed by atoms with Crippen LogP contribution in [0.25, 0.3) is 0 Å². The minimum Gasteiger partial charge on any atom is -0.382 e. The Kier molecular flexibility index (Phi) is 28.0. The fourth-order valence-electron chi connectivity index (χ4n) is 1.82. The Bertz CT molecular complexity index is 632. The molecule has 0 bridgehead atoms. The molecular formula is C23H25OY3-3. The normalized spacial score (nSPS) is 8.11. The average molecular weight is 584 g/mol. The molecule has 0 saturated heterocycles. The number of aryl methyl sites for hydroxylation is 2. The first-order valence-electron chi connectivity index (χ1n) is 8.08. The first-order valence-corrected chi connectivity index (χ1v) is 8.08. The zero-order valence-electron chi connectivity index (χ0n) is 16.5. The number of methoxy groups -OCH3 is 1. The van der Waals surface area contributed by atoms with Crippen molar-refractivity contribution in [3.8, 4) is 0 Å². The third kappa shape index (κ3) is 18.7. The Balaban J connectivity index is -0.000000305. The van der Waals surface area contributed by atoms with Crippen molar-refractivity contribution in [2.24, 2.45) is 0 Å². The predicted octanol–water partition coefficient (Wildman–Crippen LogP) is 5.47. The summed E-state index contributed by atoms with van der Waals surface area (Å²) in [6.45, 7) is 4.89. The van der Waals surface area contributed by atoms with Crippen LogP contribution in [-0.4, -0.2) is 7.11 Å². The van der Waals surface area contributed by atoms with Gasteiger partial charge in [0.25, 0.3) is 0 Å². The Morgan fingerprint density at radius 3 is 1.56 bits per heavy atom. The second-order valence-corrected chi connectivity index (χ2v) is 5.18. The summed E-state index contributed by atoms with van der Waals surface area (Å²) in [6, 6.07) is 32.6. The van der Waals surface area contributed by atoms with Gasteiger partial charge in [-0.1, -0.05) is 20.3 Å². The van der Waals surface area contributed by atoms with E-state index >= 15 is 0 Å². The zero-order chi connectivity index (χ0) is 17.5. The summed E-state index contributed by atoms with van der Waals surface area (Å²) in [5.74, 6) is 0. The molecule has 0 aliphatic carbocycles. The van der Waals surface area contributed by atoms with Gasteiger partial charge in [0.2, 0.25) is 0 Å². The van der Waals surface area contributed by atoms with Crippen LogP contribution in [0, 0.1) is 25.1 Å². The molecule has 0 heterocycles. The zero-order valence-corrected chi connectivity index (χ0v) is 25.0. The molecule has 0 fully saturated rings. The van der Waals surface area contributed by atoms with E-state index < -0.39 is 0 Å². The standard InChI is InChI=1S/C8H9O.C8H9.C7H7.3Y/c1-9-7-8-5-3-2-4-6-8;1-2-8-6-4-3-5-7-8;1-7-5-3-2-4-6-7;;;/h3-6H,7H2,1H3;4-7H,2H2,1H3;2-3,5-6H,1H3;;;/q3*-1;;;. The van der Waals surface area contributed by atoms with Gasteiger partial charge in [-0.15, -0.1) is 5.56 Å². The van der Waals surface area contributed by atoms with E-state index in [9.17, 15) is 0 Å². The maximum Gasteiger partial charge on any atom is 0.0492 e. The van der Waals surface area contributed by atoms with Crippen LogP contribution in [0.2, 0.25) is 0 Å². The van der Waals surface area contributed by atoms with Gasteiger partial charge in [0.1, 0.15) is 0 Å². The smallest absolute Gasteiger partial charge is 0.0492 e. The molecule has 0 aromatic heterocycles. The van der Waals surface area contributed by atoms with E-state index in [1.807, 2.05) is 54.6 Å². The Hall–Kier alpha value is 0.932. The Labute approximate surface area is 241 Å². The van der Waals surface area contributed by atoms with Crippen molar-refractivity contribution in [1.29, 1.82) is 0 Å². The molecule has 0 saturated carbocycles. The van der Waals surface area contributed by atoms with Crippen molar-refractivity contribution in [3.63, 3.8) is 0 Å². The van der Waals surface area contributed by atoms with E-state index in [-0.39, 0.29) is 98.1 Å². The van der Waals surface area contributed by atoms with Crippen LogP contribution in [0.1, 0.15) is 23.6 Å². The van der Waals surface area contributed by atoms with E-state index in [1.54, 1.807) is 7.11 Å². The van der Waals surface area contributed by atoms with Gasteiger partial charge in [0.05, 0.1) is 0 Å². The van der Waals surface area contributed by atoms with Gasteiger partial charge in [-0.05, 0) is 0 Å². The molecule has 3 aromatic carbocycles. The van der Waals surface area contributed by atoms with Gasteiger partial charge in [-0.3, -0.25) is 0 Å². The second kappa shape index (κ2) is 23.2. The number of benzene rings is 3. The van der Waals surface area contributed by atoms with Crippen molar-refractivity contribution in [2.45, 2.75) is 26.9 Å². The number of ether oxygens (including phenoxy) is 1. The third-order valence-electron chi connectivity index (χ3n) is 3.16. The molecule has 135 valence electrons. The Morgan fingerprint density at radius 2 is 1.26 bits per heavy atom. The van der Waals surface area contributed by atoms with Gasteiger partial charge in [0.15, 0.2) is 0 Å². The number of rotatable bonds is 3. The van der Waals surface area contributed by atoms with E-state index in [0.29, 0.717) is 6.61 Å². The van der Waals surface area contributed by atoms with Gasteiger partial charge < -0.3 is 4.74 Å². The maximum atomic E-state index is 4.91. The fourth-order valence-corrected chi connectivity index (χ4v) is 1.82. The molecule has 0 spiro atoms. The molecule has 3 rings (SSSR count). The average Bonchev–Trinajstić information content (AvgIpc) is 2.65. The molecule has 3 radical (unpaired) electrons. The van der Waals surface area contributed by atoms with Crippen LogP contribution in [0.5, 0.6) is 0 Å². The van der Waals surface area contributed by atoms with E-state index in [1.165, 1.54) is 16.7 Å². The summed E-state index contributed by atoms with van der Waals surface area (Å²) < 4.78 is 4.91. The quantitative estimate of drug-likeness (QED) is 0.372. The van der Waals surface area contributed by atoms with Gasteiger partial charge >= 0.3 is 0 Å². The second-order valence-electron chi connectivity index (χ2n) is 5.18. The first kappa shape index (κ1) is 32.6. The summed E-state index contributed by atoms with van der Waals surface area (Å²) in [5, 5.41) is 0. The number of hydrogen-bond donors (Lipinski definition) is 0. The van der Waals surface area contributed by atoms with Crippen LogP contribution in [0.15, 0.2) is 72.8 Å². The summed E-state index contributed by atoms with van der Waals surface area (Å²) in [5.41, 5.74) is 3.84. The molecule has 3 aromatic rings. The van der Waals surface area contributed by atoms with Crippen molar-refractivity contribution in [1.82, 2.24) is 0 Å². The molecule has 0 aliphatic rings. The summed E-state index contributed by atoms with van der Waals surface area (Å²) in [6.07, 6.45) is 1.12. The summed E-state index contributed by atoms with van der Waals surface area (Å²) >= 11 is 0. The molecule has 4 heteroatoms. The molecule has 1 nitrogen and oxygen atoms in total. The van der Waals surface area contributed by atoms with Crippen molar-refractivity contribution in [3.05, 3.63) is 108 Å². The van der Waals surface area contributed by atoms with Gasteiger partial charge in [-0.25, -0.2) is 0 Å². The summed E-state index contributed by atoms with van der Waals surface area (Å²) in [7, 11) is 1.69. The number of hydrogen-bond acceptors (Lipinski definition) is 1. The van der Waals surface area contributed by atoms with Crippen molar-refractivity contribution in [2.75, 3.05) is 7.11 Å². The summed E-state index contributed by atoms with van der Waals surface area (Å²) in [4.78, 5) is 0. The van der Waals surface area contributed by atoms with E-state index in [2.05, 4.69) is 50.2 Å². The fraction of sp³-hybridized carbons (Fsp3) is 0.217. The van der Waals surface area contributed by atoms with E-state index in [0.717, 1.165) is 6.42 Å². The maximum absolute atomic E-state index is 4.91. The minimum atomic E-state index is 0.